The monoisotopic (exact) mass is 618 g/mol. The van der Waals surface area contributed by atoms with Crippen LogP contribution in [0.25, 0.3) is 0 Å². The topological polar surface area (TPSA) is 206 Å². The van der Waals surface area contributed by atoms with Gasteiger partial charge < -0.3 is 20.7 Å². The van der Waals surface area contributed by atoms with Gasteiger partial charge in [0, 0.05) is 22.3 Å². The molecule has 13 nitrogen and oxygen atoms in total. The Labute approximate surface area is 229 Å². The van der Waals surface area contributed by atoms with Crippen molar-refractivity contribution in [2.75, 3.05) is 17.9 Å². The third-order valence-corrected chi connectivity index (χ3v) is 6.09. The van der Waals surface area contributed by atoms with E-state index in [1.807, 2.05) is 0 Å². The van der Waals surface area contributed by atoms with Gasteiger partial charge in [0.2, 0.25) is 21.9 Å². The Morgan fingerprint density at radius 2 is 1.82 bits per heavy atom. The number of sulfonamides is 1. The van der Waals surface area contributed by atoms with Gasteiger partial charge in [-0.05, 0) is 42.8 Å². The zero-order chi connectivity index (χ0) is 30.0. The predicted molar refractivity (Wildman–Crippen MR) is 136 cm³/mol. The number of guanidine groups is 1. The number of aryl methyl sites for hydroxylation is 1. The average Bonchev–Trinajstić information content (AvgIpc) is 2.80. The number of amides is 1. The molecule has 0 aliphatic carbocycles. The molecule has 0 unspecified atom stereocenters. The second-order valence-corrected chi connectivity index (χ2v) is 9.96. The number of nitrogens with zero attached hydrogens (tertiary/aromatic N) is 1. The molecule has 0 fully saturated rings. The number of benzene rings is 1. The molecule has 0 bridgehead atoms. The SMILES string of the molecule is Cc1ccc(NS(=O)(=O)Cc2cc(Cl)ccc2Cl)c(=O)n1CC(=O)NCCONC(=N)N.O=C(O)C(F)(F)F. The van der Waals surface area contributed by atoms with E-state index in [4.69, 9.17) is 49.1 Å². The van der Waals surface area contributed by atoms with Crippen LogP contribution in [0, 0.1) is 12.3 Å². The van der Waals surface area contributed by atoms with Gasteiger partial charge in [0.25, 0.3) is 5.56 Å². The van der Waals surface area contributed by atoms with E-state index in [9.17, 15) is 31.2 Å². The molecule has 0 aliphatic heterocycles. The minimum atomic E-state index is -5.08. The zero-order valence-corrected chi connectivity index (χ0v) is 22.3. The lowest BCUT2D eigenvalue weighted by molar-refractivity contribution is -0.192. The first-order valence-corrected chi connectivity index (χ1v) is 12.8. The Kier molecular flexibility index (Phi) is 12.5. The van der Waals surface area contributed by atoms with E-state index in [2.05, 4.69) is 15.5 Å². The third-order valence-electron chi connectivity index (χ3n) is 4.26. The zero-order valence-electron chi connectivity index (χ0n) is 19.9. The number of hydroxylamine groups is 1. The summed E-state index contributed by atoms with van der Waals surface area (Å²) in [5.41, 5.74) is 7.00. The Morgan fingerprint density at radius 3 is 2.38 bits per heavy atom. The molecule has 0 radical (unpaired) electrons. The molecule has 39 heavy (non-hydrogen) atoms. The Bertz CT molecular complexity index is 1370. The van der Waals surface area contributed by atoms with Gasteiger partial charge in [0.05, 0.1) is 12.4 Å². The fourth-order valence-electron chi connectivity index (χ4n) is 2.58. The molecule has 1 aromatic heterocycles. The molecule has 19 heteroatoms. The number of carboxylic acids is 1. The number of aromatic nitrogens is 1. The minimum absolute atomic E-state index is 0.0328. The van der Waals surface area contributed by atoms with Gasteiger partial charge >= 0.3 is 12.1 Å². The summed E-state index contributed by atoms with van der Waals surface area (Å²) < 4.78 is 60.2. The number of aliphatic carboxylic acids is 1. The number of nitrogens with one attached hydrogen (secondary N) is 4. The van der Waals surface area contributed by atoms with Crippen molar-refractivity contribution in [2.45, 2.75) is 25.4 Å². The highest BCUT2D eigenvalue weighted by Crippen LogP contribution is 2.23. The van der Waals surface area contributed by atoms with Crippen LogP contribution < -0.4 is 26.8 Å². The molecule has 0 atom stereocenters. The number of nitrogens with two attached hydrogens (primary N) is 1. The molecule has 0 saturated carbocycles. The Balaban J connectivity index is 0.000000956. The summed E-state index contributed by atoms with van der Waals surface area (Å²) in [4.78, 5) is 38.6. The van der Waals surface area contributed by atoms with Crippen LogP contribution in [0.1, 0.15) is 11.3 Å². The van der Waals surface area contributed by atoms with E-state index in [-0.39, 0.29) is 41.9 Å². The van der Waals surface area contributed by atoms with Crippen LogP contribution in [0.4, 0.5) is 18.9 Å². The first-order chi connectivity index (χ1) is 17.9. The van der Waals surface area contributed by atoms with Crippen LogP contribution in [-0.4, -0.2) is 55.3 Å². The minimum Gasteiger partial charge on any atom is -0.475 e. The summed E-state index contributed by atoms with van der Waals surface area (Å²) in [7, 11) is -3.99. The molecule has 7 N–H and O–H groups in total. The molecule has 0 aliphatic rings. The van der Waals surface area contributed by atoms with E-state index in [0.29, 0.717) is 10.7 Å². The maximum Gasteiger partial charge on any atom is 0.490 e. The molecule has 216 valence electrons. The van der Waals surface area contributed by atoms with Crippen molar-refractivity contribution in [1.29, 1.82) is 5.41 Å². The average molecular weight is 619 g/mol. The number of carbonyl (C=O) groups is 2. The van der Waals surface area contributed by atoms with Gasteiger partial charge in [-0.15, -0.1) is 0 Å². The van der Waals surface area contributed by atoms with Gasteiger partial charge in [-0.1, -0.05) is 23.2 Å². The number of hydrogen-bond acceptors (Lipinski definition) is 7. The van der Waals surface area contributed by atoms with Gasteiger partial charge in [0.1, 0.15) is 12.2 Å². The van der Waals surface area contributed by atoms with Crippen LogP contribution in [0.5, 0.6) is 0 Å². The van der Waals surface area contributed by atoms with E-state index < -0.39 is 39.4 Å². The number of halogens is 5. The molecule has 1 amide bonds. The van der Waals surface area contributed by atoms with Crippen LogP contribution in [0.3, 0.4) is 0 Å². The highest BCUT2D eigenvalue weighted by Gasteiger charge is 2.38. The summed E-state index contributed by atoms with van der Waals surface area (Å²) in [6, 6.07) is 7.27. The predicted octanol–water partition coefficient (Wildman–Crippen LogP) is 1.57. The summed E-state index contributed by atoms with van der Waals surface area (Å²) in [5.74, 6) is -4.12. The van der Waals surface area contributed by atoms with Gasteiger partial charge in [0.15, 0.2) is 0 Å². The molecule has 0 spiro atoms. The third kappa shape index (κ3) is 12.2. The standard InChI is InChI=1S/C18H22Cl2N6O5S.C2HF3O2/c1-11-2-5-15(25-32(29,30)10-12-8-13(19)3-4-14(12)20)17(28)26(11)9-16(27)23-6-7-31-24-18(21)22;3-2(4,5)1(6)7/h2-5,8,25H,6-7,9-10H2,1H3,(H,23,27)(H4,21,22,24);(H,6,7). The lowest BCUT2D eigenvalue weighted by Crippen LogP contribution is -2.37. The highest BCUT2D eigenvalue weighted by molar-refractivity contribution is 7.91. The Hall–Kier alpha value is -3.54. The normalized spacial score (nSPS) is 11.1. The maximum absolute atomic E-state index is 12.8. The summed E-state index contributed by atoms with van der Waals surface area (Å²) in [6.07, 6.45) is -5.08. The van der Waals surface area contributed by atoms with Crippen LogP contribution in [0.15, 0.2) is 35.1 Å². The number of anilines is 1. The van der Waals surface area contributed by atoms with Crippen LogP contribution in [0.2, 0.25) is 10.0 Å². The second kappa shape index (κ2) is 14.6. The fraction of sp³-hybridized carbons (Fsp3) is 0.300. The van der Waals surface area contributed by atoms with Crippen molar-refractivity contribution in [2.24, 2.45) is 5.73 Å². The summed E-state index contributed by atoms with van der Waals surface area (Å²) in [5, 5.41) is 17.1. The van der Waals surface area contributed by atoms with Crippen molar-refractivity contribution in [3.63, 3.8) is 0 Å². The summed E-state index contributed by atoms with van der Waals surface area (Å²) in [6.45, 7) is 1.41. The molecular formula is C20H23Cl2F3N6O7S. The van der Waals surface area contributed by atoms with Crippen LogP contribution >= 0.6 is 23.2 Å². The lowest BCUT2D eigenvalue weighted by Gasteiger charge is -2.14. The van der Waals surface area contributed by atoms with Crippen molar-refractivity contribution in [1.82, 2.24) is 15.4 Å². The first kappa shape index (κ1) is 33.5. The molecule has 1 heterocycles. The van der Waals surface area contributed by atoms with E-state index in [1.54, 1.807) is 6.92 Å². The maximum atomic E-state index is 12.8. The smallest absolute Gasteiger partial charge is 0.475 e. The molecule has 1 aromatic carbocycles. The number of alkyl halides is 3. The number of rotatable bonds is 10. The first-order valence-electron chi connectivity index (χ1n) is 10.4. The largest absolute Gasteiger partial charge is 0.490 e. The van der Waals surface area contributed by atoms with Gasteiger partial charge in [-0.2, -0.15) is 13.2 Å². The van der Waals surface area contributed by atoms with Crippen molar-refractivity contribution in [3.8, 4) is 0 Å². The summed E-state index contributed by atoms with van der Waals surface area (Å²) >= 11 is 11.9. The highest BCUT2D eigenvalue weighted by atomic mass is 35.5. The van der Waals surface area contributed by atoms with Crippen molar-refractivity contribution in [3.05, 3.63) is 62.0 Å². The van der Waals surface area contributed by atoms with Gasteiger partial charge in [-0.3, -0.25) is 24.6 Å². The fourth-order valence-corrected chi connectivity index (χ4v) is 4.25. The molecule has 2 rings (SSSR count). The number of carboxylic acid groups (broad SMARTS) is 1. The molecule has 2 aromatic rings. The van der Waals surface area contributed by atoms with E-state index in [1.165, 1.54) is 30.3 Å². The number of pyridine rings is 1. The van der Waals surface area contributed by atoms with E-state index >= 15 is 0 Å². The van der Waals surface area contributed by atoms with Crippen LogP contribution in [-0.2, 0) is 36.7 Å². The van der Waals surface area contributed by atoms with Crippen molar-refractivity contribution >= 4 is 56.7 Å². The second-order valence-electron chi connectivity index (χ2n) is 7.39. The molecular weight excluding hydrogens is 596 g/mol. The Morgan fingerprint density at radius 1 is 1.21 bits per heavy atom. The lowest BCUT2D eigenvalue weighted by atomic mass is 10.2. The quantitative estimate of drug-likeness (QED) is 0.0987. The van der Waals surface area contributed by atoms with E-state index in [0.717, 1.165) is 4.57 Å². The van der Waals surface area contributed by atoms with Crippen molar-refractivity contribution < 1.29 is 41.1 Å². The van der Waals surface area contributed by atoms with Gasteiger partial charge in [-0.25, -0.2) is 18.7 Å². The number of hydrogen-bond donors (Lipinski definition) is 6. The molecule has 0 saturated heterocycles. The number of carbonyl (C=O) groups excluding carboxylic acids is 1.